The summed E-state index contributed by atoms with van der Waals surface area (Å²) < 4.78 is 5.45. The summed E-state index contributed by atoms with van der Waals surface area (Å²) in [6.07, 6.45) is 7.28. The lowest BCUT2D eigenvalue weighted by Gasteiger charge is -2.19. The van der Waals surface area contributed by atoms with Crippen LogP contribution in [0, 0.1) is 12.3 Å². The number of terminal acetylenes is 1. The predicted octanol–water partition coefficient (Wildman–Crippen LogP) is 4.22. The van der Waals surface area contributed by atoms with E-state index in [-0.39, 0.29) is 11.4 Å². The van der Waals surface area contributed by atoms with Crippen molar-refractivity contribution >= 4 is 45.4 Å². The Labute approximate surface area is 156 Å². The summed E-state index contributed by atoms with van der Waals surface area (Å²) in [5.74, 6) is 1.48. The molecule has 0 aromatic heterocycles. The van der Waals surface area contributed by atoms with Crippen molar-refractivity contribution in [2.24, 2.45) is 0 Å². The Balaban J connectivity index is 1.99. The van der Waals surface area contributed by atoms with Gasteiger partial charge in [0.2, 0.25) is 5.78 Å². The molecule has 2 aromatic carbocycles. The minimum Gasteiger partial charge on any atom is -0.443 e. The van der Waals surface area contributed by atoms with E-state index in [0.29, 0.717) is 10.5 Å². The first-order valence-corrected chi connectivity index (χ1v) is 9.43. The van der Waals surface area contributed by atoms with E-state index >= 15 is 0 Å². The van der Waals surface area contributed by atoms with Gasteiger partial charge in [-0.3, -0.25) is 4.79 Å². The summed E-state index contributed by atoms with van der Waals surface area (Å²) in [5.41, 5.74) is 2.39. The number of allylic oxidation sites excluding steroid dienone is 3. The second-order valence-corrected chi connectivity index (χ2v) is 7.56. The van der Waals surface area contributed by atoms with Crippen molar-refractivity contribution in [3.8, 4) is 12.3 Å². The van der Waals surface area contributed by atoms with Crippen LogP contribution >= 0.6 is 11.8 Å². The largest absolute Gasteiger partial charge is 0.443 e. The van der Waals surface area contributed by atoms with E-state index < -0.39 is 11.6 Å². The molecule has 0 aliphatic heterocycles. The molecular weight excluding hydrogens is 344 g/mol. The fourth-order valence-electron chi connectivity index (χ4n) is 3.56. The Kier molecular flexibility index (Phi) is 3.61. The molecule has 0 saturated heterocycles. The first-order chi connectivity index (χ1) is 12.4. The van der Waals surface area contributed by atoms with Gasteiger partial charge in [-0.2, -0.15) is 0 Å². The third-order valence-corrected chi connectivity index (χ3v) is 5.51. The Morgan fingerprint density at radius 2 is 1.73 bits per heavy atom. The summed E-state index contributed by atoms with van der Waals surface area (Å²) >= 11 is 1.36. The van der Waals surface area contributed by atoms with Crippen LogP contribution in [0.5, 0.6) is 0 Å². The first kappa shape index (κ1) is 16.7. The molecule has 0 spiro atoms. The van der Waals surface area contributed by atoms with E-state index in [9.17, 15) is 9.59 Å². The quantitative estimate of drug-likeness (QED) is 0.467. The van der Waals surface area contributed by atoms with Gasteiger partial charge < -0.3 is 4.74 Å². The van der Waals surface area contributed by atoms with Gasteiger partial charge in [0, 0.05) is 11.1 Å². The summed E-state index contributed by atoms with van der Waals surface area (Å²) in [4.78, 5) is 26.5. The van der Waals surface area contributed by atoms with Crippen LogP contribution in [-0.2, 0) is 14.3 Å². The number of carbonyl (C=O) groups is 2. The van der Waals surface area contributed by atoms with E-state index in [0.717, 1.165) is 27.5 Å². The molecule has 0 N–H and O–H groups in total. The molecule has 0 unspecified atom stereocenters. The van der Waals surface area contributed by atoms with Crippen molar-refractivity contribution in [1.82, 2.24) is 0 Å². The van der Waals surface area contributed by atoms with E-state index in [1.54, 1.807) is 13.8 Å². The highest BCUT2D eigenvalue weighted by Gasteiger charge is 2.43. The van der Waals surface area contributed by atoms with Crippen molar-refractivity contribution in [2.75, 3.05) is 6.26 Å². The lowest BCUT2D eigenvalue weighted by Crippen LogP contribution is -2.28. The number of esters is 1. The molecular formula is C22H16O3S. The zero-order chi connectivity index (χ0) is 18.6. The number of hydrogen-bond acceptors (Lipinski definition) is 4. The number of ether oxygens (including phenoxy) is 1. The van der Waals surface area contributed by atoms with Crippen molar-refractivity contribution in [1.29, 1.82) is 0 Å². The van der Waals surface area contributed by atoms with E-state index in [1.165, 1.54) is 11.8 Å². The molecule has 128 valence electrons. The molecule has 0 amide bonds. The van der Waals surface area contributed by atoms with Crippen LogP contribution in [0.4, 0.5) is 0 Å². The molecule has 2 aromatic rings. The van der Waals surface area contributed by atoms with Crippen molar-refractivity contribution in [3.63, 3.8) is 0 Å². The fourth-order valence-corrected chi connectivity index (χ4v) is 4.27. The minimum absolute atomic E-state index is 0.0800. The molecule has 0 bridgehead atoms. The van der Waals surface area contributed by atoms with Gasteiger partial charge in [-0.05, 0) is 42.0 Å². The number of ketones is 1. The molecule has 0 heterocycles. The smallest absolute Gasteiger partial charge is 0.344 e. The molecule has 4 rings (SSSR count). The van der Waals surface area contributed by atoms with Crippen LogP contribution in [0.3, 0.4) is 0 Å². The number of thioether (sulfide) groups is 1. The predicted molar refractivity (Wildman–Crippen MR) is 105 cm³/mol. The van der Waals surface area contributed by atoms with Crippen LogP contribution in [0.15, 0.2) is 46.9 Å². The standard InChI is InChI=1S/C22H16O3S/c1-5-22(2,3)25-21(24)18-16-13-10-6-8-12-9-7-11-14(15(12)13)17(16)20(26-4)19(18)23/h1,6-11H,2-4H3. The number of rotatable bonds is 3. The van der Waals surface area contributed by atoms with E-state index in [4.69, 9.17) is 11.2 Å². The molecule has 0 saturated carbocycles. The summed E-state index contributed by atoms with van der Waals surface area (Å²) in [5, 5.41) is 2.15. The second-order valence-electron chi connectivity index (χ2n) is 6.74. The van der Waals surface area contributed by atoms with Crippen molar-refractivity contribution in [3.05, 3.63) is 58.0 Å². The third kappa shape index (κ3) is 2.17. The van der Waals surface area contributed by atoms with Gasteiger partial charge in [0.1, 0.15) is 5.57 Å². The molecule has 26 heavy (non-hydrogen) atoms. The van der Waals surface area contributed by atoms with E-state index in [2.05, 4.69) is 5.92 Å². The Hall–Kier alpha value is -2.77. The topological polar surface area (TPSA) is 43.4 Å². The van der Waals surface area contributed by atoms with Crippen LogP contribution < -0.4 is 0 Å². The summed E-state index contributed by atoms with van der Waals surface area (Å²) in [6, 6.07) is 11.9. The maximum absolute atomic E-state index is 13.0. The number of carbonyl (C=O) groups excluding carboxylic acids is 2. The number of benzene rings is 2. The van der Waals surface area contributed by atoms with Gasteiger partial charge >= 0.3 is 5.97 Å². The third-order valence-electron chi connectivity index (χ3n) is 4.71. The highest BCUT2D eigenvalue weighted by atomic mass is 32.2. The summed E-state index contributed by atoms with van der Waals surface area (Å²) in [6.45, 7) is 3.26. The fraction of sp³-hybridized carbons (Fsp3) is 0.182. The average Bonchev–Trinajstić information content (AvgIpc) is 3.08. The average molecular weight is 360 g/mol. The monoisotopic (exact) mass is 360 g/mol. The number of hydrogen-bond donors (Lipinski definition) is 0. The highest BCUT2D eigenvalue weighted by molar-refractivity contribution is 8.03. The first-order valence-electron chi connectivity index (χ1n) is 8.21. The van der Waals surface area contributed by atoms with Gasteiger partial charge in [-0.15, -0.1) is 18.2 Å². The minimum atomic E-state index is -1.08. The molecule has 2 aliphatic carbocycles. The molecule has 4 heteroatoms. The van der Waals surface area contributed by atoms with E-state index in [1.807, 2.05) is 42.7 Å². The molecule has 0 fully saturated rings. The van der Waals surface area contributed by atoms with Gasteiger partial charge in [-0.25, -0.2) is 4.79 Å². The normalized spacial score (nSPS) is 15.5. The zero-order valence-corrected chi connectivity index (χ0v) is 15.5. The maximum atomic E-state index is 13.0. The second kappa shape index (κ2) is 5.62. The zero-order valence-electron chi connectivity index (χ0n) is 14.7. The molecule has 0 atom stereocenters. The molecule has 2 aliphatic rings. The van der Waals surface area contributed by atoms with Gasteiger partial charge in [0.15, 0.2) is 5.60 Å². The van der Waals surface area contributed by atoms with Crippen LogP contribution in [0.25, 0.3) is 21.9 Å². The molecule has 3 nitrogen and oxygen atoms in total. The van der Waals surface area contributed by atoms with Gasteiger partial charge in [-0.1, -0.05) is 42.3 Å². The number of Topliss-reactive ketones (excluding diaryl/α,β-unsaturated/α-hetero) is 1. The van der Waals surface area contributed by atoms with Crippen molar-refractivity contribution < 1.29 is 14.3 Å². The van der Waals surface area contributed by atoms with Crippen molar-refractivity contribution in [2.45, 2.75) is 19.4 Å². The maximum Gasteiger partial charge on any atom is 0.344 e. The van der Waals surface area contributed by atoms with Gasteiger partial charge in [0.25, 0.3) is 0 Å². The Bertz CT molecular complexity index is 1100. The molecule has 0 radical (unpaired) electrons. The Morgan fingerprint density at radius 3 is 2.31 bits per heavy atom. The SMILES string of the molecule is C#CC(C)(C)OC(=O)C1=C2C(=C(SC)C1=O)c1cccc3cccc2c13. The lowest BCUT2D eigenvalue weighted by atomic mass is 10.0. The van der Waals surface area contributed by atoms with Crippen LogP contribution in [0.1, 0.15) is 25.0 Å². The highest BCUT2D eigenvalue weighted by Crippen LogP contribution is 2.54. The van der Waals surface area contributed by atoms with Crippen LogP contribution in [-0.4, -0.2) is 23.6 Å². The Morgan fingerprint density at radius 1 is 1.12 bits per heavy atom. The number of fused-ring (bicyclic) bond motifs is 3. The summed E-state index contributed by atoms with van der Waals surface area (Å²) in [7, 11) is 0. The van der Waals surface area contributed by atoms with Gasteiger partial charge in [0.05, 0.1) is 4.91 Å². The van der Waals surface area contributed by atoms with Crippen LogP contribution in [0.2, 0.25) is 0 Å². The lowest BCUT2D eigenvalue weighted by molar-refractivity contribution is -0.147.